The van der Waals surface area contributed by atoms with Gasteiger partial charge in [-0.1, -0.05) is 18.2 Å². The fourth-order valence-corrected chi connectivity index (χ4v) is 2.44. The van der Waals surface area contributed by atoms with E-state index in [2.05, 4.69) is 15.6 Å². The number of benzene rings is 2. The summed E-state index contributed by atoms with van der Waals surface area (Å²) in [7, 11) is 0. The molecule has 3 rings (SSSR count). The normalized spacial score (nSPS) is 10.3. The molecule has 0 aliphatic heterocycles. The molecule has 2 amide bonds. The number of nitrogens with one attached hydrogen (secondary N) is 3. The van der Waals surface area contributed by atoms with E-state index in [-0.39, 0.29) is 16.7 Å². The Kier molecular flexibility index (Phi) is 4.61. The number of pyridine rings is 1. The predicted molar refractivity (Wildman–Crippen MR) is 96.3 cm³/mol. The van der Waals surface area contributed by atoms with Gasteiger partial charge in [0.2, 0.25) is 0 Å². The number of aromatic nitrogens is 1. The maximum Gasteiger partial charge on any atom is 0.323 e. The number of amides is 2. The van der Waals surface area contributed by atoms with E-state index in [0.29, 0.717) is 11.4 Å². The lowest BCUT2D eigenvalue weighted by molar-refractivity contribution is 0.262. The molecule has 0 aliphatic carbocycles. The number of para-hydroxylation sites is 1. The summed E-state index contributed by atoms with van der Waals surface area (Å²) in [6.45, 7) is 1.88. The van der Waals surface area contributed by atoms with Crippen LogP contribution in [0.2, 0.25) is 0 Å². The average molecular weight is 337 g/mol. The maximum absolute atomic E-state index is 14.3. The van der Waals surface area contributed by atoms with Gasteiger partial charge in [0.15, 0.2) is 0 Å². The Morgan fingerprint density at radius 3 is 2.52 bits per heavy atom. The number of H-pyrrole nitrogens is 1. The monoisotopic (exact) mass is 337 g/mol. The first-order valence-electron chi connectivity index (χ1n) is 7.66. The molecule has 0 saturated carbocycles. The van der Waals surface area contributed by atoms with Crippen LogP contribution in [-0.2, 0) is 0 Å². The Labute approximate surface area is 143 Å². The molecular weight excluding hydrogens is 321 g/mol. The summed E-state index contributed by atoms with van der Waals surface area (Å²) in [5.74, 6) is -0.592. The van der Waals surface area contributed by atoms with E-state index in [1.807, 2.05) is 25.1 Å². The largest absolute Gasteiger partial charge is 0.329 e. The zero-order valence-electron chi connectivity index (χ0n) is 13.5. The topological polar surface area (TPSA) is 74.0 Å². The number of halogens is 1. The molecule has 1 heterocycles. The highest BCUT2D eigenvalue weighted by atomic mass is 19.1. The van der Waals surface area contributed by atoms with Crippen molar-refractivity contribution in [1.82, 2.24) is 4.98 Å². The van der Waals surface area contributed by atoms with E-state index in [1.54, 1.807) is 18.2 Å². The number of carbonyl (C=O) groups excluding carboxylic acids is 1. The lowest BCUT2D eigenvalue weighted by atomic mass is 10.1. The first-order valence-corrected chi connectivity index (χ1v) is 7.66. The van der Waals surface area contributed by atoms with Gasteiger partial charge in [0.05, 0.1) is 0 Å². The molecule has 2 aromatic carbocycles. The van der Waals surface area contributed by atoms with Crippen LogP contribution < -0.4 is 16.2 Å². The van der Waals surface area contributed by atoms with Crippen molar-refractivity contribution in [3.63, 3.8) is 0 Å². The first kappa shape index (κ1) is 16.4. The molecular formula is C19H16FN3O2. The molecule has 0 saturated heterocycles. The second-order valence-corrected chi connectivity index (χ2v) is 5.50. The maximum atomic E-state index is 14.3. The third-order valence-electron chi connectivity index (χ3n) is 3.73. The molecule has 3 aromatic rings. The van der Waals surface area contributed by atoms with Crippen molar-refractivity contribution >= 4 is 17.4 Å². The Morgan fingerprint density at radius 2 is 1.80 bits per heavy atom. The van der Waals surface area contributed by atoms with Gasteiger partial charge in [0.25, 0.3) is 5.56 Å². The smallest absolute Gasteiger partial charge is 0.323 e. The molecule has 3 N–H and O–H groups in total. The molecule has 0 spiro atoms. The van der Waals surface area contributed by atoms with Gasteiger partial charge in [-0.3, -0.25) is 4.79 Å². The summed E-state index contributed by atoms with van der Waals surface area (Å²) in [5, 5.41) is 5.28. The van der Waals surface area contributed by atoms with Crippen molar-refractivity contribution in [2.45, 2.75) is 6.92 Å². The van der Waals surface area contributed by atoms with Crippen molar-refractivity contribution in [2.75, 3.05) is 10.6 Å². The van der Waals surface area contributed by atoms with E-state index >= 15 is 0 Å². The zero-order chi connectivity index (χ0) is 17.8. The van der Waals surface area contributed by atoms with Crippen LogP contribution in [0.5, 0.6) is 0 Å². The number of hydrogen-bond donors (Lipinski definition) is 3. The SMILES string of the molecule is Cc1ccccc1NC(=O)Nc1ccc(-c2ccc[nH]c2=O)c(F)c1. The zero-order valence-corrected chi connectivity index (χ0v) is 13.5. The van der Waals surface area contributed by atoms with Crippen molar-refractivity contribution < 1.29 is 9.18 Å². The van der Waals surface area contributed by atoms with Gasteiger partial charge in [-0.2, -0.15) is 0 Å². The van der Waals surface area contributed by atoms with Gasteiger partial charge in [0, 0.05) is 28.7 Å². The highest BCUT2D eigenvalue weighted by Crippen LogP contribution is 2.23. The van der Waals surface area contributed by atoms with E-state index in [1.165, 1.54) is 24.4 Å². The number of hydrogen-bond acceptors (Lipinski definition) is 2. The third-order valence-corrected chi connectivity index (χ3v) is 3.73. The minimum atomic E-state index is -0.592. The second kappa shape index (κ2) is 7.00. The number of aryl methyl sites for hydroxylation is 1. The van der Waals surface area contributed by atoms with Crippen LogP contribution >= 0.6 is 0 Å². The summed E-state index contributed by atoms with van der Waals surface area (Å²) in [6.07, 6.45) is 1.48. The Morgan fingerprint density at radius 1 is 1.00 bits per heavy atom. The van der Waals surface area contributed by atoms with Gasteiger partial charge >= 0.3 is 6.03 Å². The molecule has 0 bridgehead atoms. The minimum absolute atomic E-state index is 0.173. The summed E-state index contributed by atoms with van der Waals surface area (Å²) in [5.41, 5.74) is 1.91. The molecule has 6 heteroatoms. The van der Waals surface area contributed by atoms with Crippen molar-refractivity contribution in [1.29, 1.82) is 0 Å². The fourth-order valence-electron chi connectivity index (χ4n) is 2.44. The summed E-state index contributed by atoms with van der Waals surface area (Å²) in [4.78, 5) is 26.3. The van der Waals surface area contributed by atoms with Gasteiger partial charge in [-0.15, -0.1) is 0 Å². The van der Waals surface area contributed by atoms with Crippen molar-refractivity contribution in [3.05, 3.63) is 82.5 Å². The van der Waals surface area contributed by atoms with E-state index < -0.39 is 11.8 Å². The number of urea groups is 1. The molecule has 126 valence electrons. The lowest BCUT2D eigenvalue weighted by Crippen LogP contribution is -2.20. The Balaban J connectivity index is 1.77. The quantitative estimate of drug-likeness (QED) is 0.672. The van der Waals surface area contributed by atoms with Crippen molar-refractivity contribution in [2.24, 2.45) is 0 Å². The first-order chi connectivity index (χ1) is 12.0. The molecule has 0 atom stereocenters. The number of rotatable bonds is 3. The van der Waals surface area contributed by atoms with Crippen LogP contribution in [0.15, 0.2) is 65.6 Å². The summed E-state index contributed by atoms with van der Waals surface area (Å²) in [6, 6.07) is 14.2. The van der Waals surface area contributed by atoms with E-state index in [4.69, 9.17) is 0 Å². The molecule has 1 aromatic heterocycles. The standard InChI is InChI=1S/C19H16FN3O2/c1-12-5-2-3-7-17(12)23-19(25)22-13-8-9-14(16(20)11-13)15-6-4-10-21-18(15)24/h2-11H,1H3,(H,21,24)(H2,22,23,25). The van der Waals surface area contributed by atoms with E-state index in [0.717, 1.165) is 5.56 Å². The second-order valence-electron chi connectivity index (χ2n) is 5.50. The molecule has 0 radical (unpaired) electrons. The van der Waals surface area contributed by atoms with Crippen LogP contribution in [0.1, 0.15) is 5.56 Å². The van der Waals surface area contributed by atoms with Gasteiger partial charge < -0.3 is 15.6 Å². The molecule has 0 unspecified atom stereocenters. The predicted octanol–water partition coefficient (Wildman–Crippen LogP) is 4.13. The Bertz CT molecular complexity index is 982. The highest BCUT2D eigenvalue weighted by Gasteiger charge is 2.11. The summed E-state index contributed by atoms with van der Waals surface area (Å²) >= 11 is 0. The number of anilines is 2. The molecule has 0 fully saturated rings. The highest BCUT2D eigenvalue weighted by molar-refractivity contribution is 6.00. The number of carbonyl (C=O) groups is 1. The van der Waals surface area contributed by atoms with Gasteiger partial charge in [0.1, 0.15) is 5.82 Å². The molecule has 5 nitrogen and oxygen atoms in total. The average Bonchev–Trinajstić information content (AvgIpc) is 2.58. The van der Waals surface area contributed by atoms with Gasteiger partial charge in [-0.05, 0) is 48.9 Å². The van der Waals surface area contributed by atoms with Crippen LogP contribution in [0.25, 0.3) is 11.1 Å². The van der Waals surface area contributed by atoms with Crippen LogP contribution in [0.4, 0.5) is 20.6 Å². The lowest BCUT2D eigenvalue weighted by Gasteiger charge is -2.10. The molecule has 25 heavy (non-hydrogen) atoms. The third kappa shape index (κ3) is 3.74. The summed E-state index contributed by atoms with van der Waals surface area (Å²) < 4.78 is 14.3. The van der Waals surface area contributed by atoms with Crippen molar-refractivity contribution in [3.8, 4) is 11.1 Å². The van der Waals surface area contributed by atoms with Crippen LogP contribution in [0.3, 0.4) is 0 Å². The Hall–Kier alpha value is -3.41. The number of aromatic amines is 1. The van der Waals surface area contributed by atoms with Crippen LogP contribution in [0, 0.1) is 12.7 Å². The van der Waals surface area contributed by atoms with E-state index in [9.17, 15) is 14.0 Å². The fraction of sp³-hybridized carbons (Fsp3) is 0.0526. The van der Waals surface area contributed by atoms with Gasteiger partial charge in [-0.25, -0.2) is 9.18 Å². The molecule has 0 aliphatic rings. The minimum Gasteiger partial charge on any atom is -0.329 e. The van der Waals surface area contributed by atoms with Crippen LogP contribution in [-0.4, -0.2) is 11.0 Å².